The SMILES string of the molecule is CCCCCCCCCCCCC=CC=CSCCNC(=O)CCNC(=O)[C@H](O)C(C)(C)COP(=O)(O)OP(=O)(O)OC[C@H]1O[C@@H](n2cnc3c(N)ncnc32)[C@H](O)[C@@H]1OP(=O)(O)O. The number of aliphatic hydroxyl groups excluding tert-OH is 2. The summed E-state index contributed by atoms with van der Waals surface area (Å²) in [6, 6.07) is 0. The van der Waals surface area contributed by atoms with Crippen molar-refractivity contribution < 1.29 is 75.7 Å². The van der Waals surface area contributed by atoms with E-state index < -0.39 is 78.6 Å². The van der Waals surface area contributed by atoms with Crippen LogP contribution in [0.25, 0.3) is 11.2 Å². The first-order valence-electron chi connectivity index (χ1n) is 21.0. The van der Waals surface area contributed by atoms with Crippen LogP contribution in [0.2, 0.25) is 0 Å². The zero-order chi connectivity index (χ0) is 47.4. The predicted molar refractivity (Wildman–Crippen MR) is 237 cm³/mol. The van der Waals surface area contributed by atoms with E-state index >= 15 is 0 Å². The number of amides is 2. The molecule has 2 aromatic rings. The van der Waals surface area contributed by atoms with Gasteiger partial charge in [0.15, 0.2) is 17.7 Å². The minimum Gasteiger partial charge on any atom is -0.386 e. The Morgan fingerprint density at radius 3 is 2.28 bits per heavy atom. The summed E-state index contributed by atoms with van der Waals surface area (Å²) in [5, 5.41) is 28.6. The van der Waals surface area contributed by atoms with Crippen LogP contribution in [0.5, 0.6) is 0 Å². The molecule has 23 nitrogen and oxygen atoms in total. The largest absolute Gasteiger partial charge is 0.481 e. The topological polar surface area (TPSA) is 347 Å². The molecule has 27 heteroatoms. The van der Waals surface area contributed by atoms with Crippen molar-refractivity contribution in [2.24, 2.45) is 5.41 Å². The number of nitrogens with one attached hydrogen (secondary N) is 2. The van der Waals surface area contributed by atoms with Crippen molar-refractivity contribution in [3.8, 4) is 0 Å². The number of carbonyl (C=O) groups is 2. The Labute approximate surface area is 376 Å². The molecule has 7 atom stereocenters. The number of hydrogen-bond donors (Lipinski definition) is 9. The fourth-order valence-corrected chi connectivity index (χ4v) is 9.67. The number of phosphoric ester groups is 3. The van der Waals surface area contributed by atoms with Crippen LogP contribution in [0.1, 0.15) is 104 Å². The maximum Gasteiger partial charge on any atom is 0.481 e. The monoisotopic (exact) mass is 987 g/mol. The number of ether oxygens (including phenoxy) is 1. The van der Waals surface area contributed by atoms with Gasteiger partial charge in [-0.2, -0.15) is 4.31 Å². The third kappa shape index (κ3) is 20.1. The lowest BCUT2D eigenvalue weighted by Gasteiger charge is -2.30. The minimum atomic E-state index is -5.56. The lowest BCUT2D eigenvalue weighted by Crippen LogP contribution is -2.46. The molecule has 1 saturated heterocycles. The molecule has 10 N–H and O–H groups in total. The lowest BCUT2D eigenvalue weighted by atomic mass is 9.87. The lowest BCUT2D eigenvalue weighted by molar-refractivity contribution is -0.137. The van der Waals surface area contributed by atoms with Gasteiger partial charge in [0.25, 0.3) is 0 Å². The van der Waals surface area contributed by atoms with E-state index in [0.29, 0.717) is 12.3 Å². The summed E-state index contributed by atoms with van der Waals surface area (Å²) in [6.07, 6.45) is 13.5. The van der Waals surface area contributed by atoms with Crippen LogP contribution in [-0.4, -0.2) is 118 Å². The van der Waals surface area contributed by atoms with E-state index in [0.717, 1.165) is 23.6 Å². The summed E-state index contributed by atoms with van der Waals surface area (Å²) in [4.78, 5) is 76.0. The van der Waals surface area contributed by atoms with E-state index in [-0.39, 0.29) is 35.9 Å². The third-order valence-corrected chi connectivity index (χ3v) is 13.7. The second-order valence-corrected chi connectivity index (χ2v) is 20.9. The zero-order valence-corrected chi connectivity index (χ0v) is 39.8. The fraction of sp³-hybridized carbons (Fsp3) is 0.703. The Kier molecular flexibility index (Phi) is 23.7. The van der Waals surface area contributed by atoms with Crippen molar-refractivity contribution in [3.63, 3.8) is 0 Å². The molecule has 0 saturated carbocycles. The number of unbranched alkanes of at least 4 members (excludes halogenated alkanes) is 10. The second-order valence-electron chi connectivity index (χ2n) is 15.7. The predicted octanol–water partition coefficient (Wildman–Crippen LogP) is 4.52. The number of imidazole rings is 1. The van der Waals surface area contributed by atoms with E-state index in [2.05, 4.69) is 47.4 Å². The van der Waals surface area contributed by atoms with Gasteiger partial charge in [0.1, 0.15) is 36.3 Å². The Hall–Kier alpha value is -2.63. The summed E-state index contributed by atoms with van der Waals surface area (Å²) in [7, 11) is -16.4. The Balaban J connectivity index is 1.34. The van der Waals surface area contributed by atoms with Crippen LogP contribution < -0.4 is 16.4 Å². The second kappa shape index (κ2) is 27.2. The van der Waals surface area contributed by atoms with Gasteiger partial charge >= 0.3 is 23.5 Å². The molecule has 2 aromatic heterocycles. The van der Waals surface area contributed by atoms with Gasteiger partial charge in [0.2, 0.25) is 11.8 Å². The average molecular weight is 988 g/mol. The number of phosphoric acid groups is 3. The summed E-state index contributed by atoms with van der Waals surface area (Å²) in [5.41, 5.74) is 4.32. The molecular weight excluding hydrogens is 923 g/mol. The van der Waals surface area contributed by atoms with Gasteiger partial charge in [0, 0.05) is 30.7 Å². The molecule has 0 spiro atoms. The number of thioether (sulfide) groups is 1. The van der Waals surface area contributed by atoms with Crippen molar-refractivity contribution in [2.75, 3.05) is 37.8 Å². The van der Waals surface area contributed by atoms with Gasteiger partial charge in [-0.3, -0.25) is 27.7 Å². The number of nitrogen functional groups attached to an aromatic ring is 1. The van der Waals surface area contributed by atoms with Gasteiger partial charge in [-0.05, 0) is 18.2 Å². The quantitative estimate of drug-likeness (QED) is 0.0276. The molecule has 0 aromatic carbocycles. The highest BCUT2D eigenvalue weighted by molar-refractivity contribution is 8.02. The van der Waals surface area contributed by atoms with E-state index in [4.69, 9.17) is 19.5 Å². The molecular formula is C37H64N7O16P3S. The van der Waals surface area contributed by atoms with E-state index in [1.165, 1.54) is 89.8 Å². The average Bonchev–Trinajstić information content (AvgIpc) is 3.78. The van der Waals surface area contributed by atoms with Crippen LogP contribution in [0.15, 0.2) is 36.3 Å². The van der Waals surface area contributed by atoms with E-state index in [1.54, 1.807) is 0 Å². The van der Waals surface area contributed by atoms with Crippen LogP contribution >= 0.6 is 35.2 Å². The highest BCUT2D eigenvalue weighted by Crippen LogP contribution is 2.61. The van der Waals surface area contributed by atoms with Gasteiger partial charge in [0.05, 0.1) is 19.5 Å². The molecule has 3 heterocycles. The van der Waals surface area contributed by atoms with Crippen molar-refractivity contribution in [1.82, 2.24) is 30.2 Å². The van der Waals surface area contributed by atoms with Crippen LogP contribution in [0.3, 0.4) is 0 Å². The first kappa shape index (κ1) is 55.7. The molecule has 64 heavy (non-hydrogen) atoms. The maximum absolute atomic E-state index is 12.7. The smallest absolute Gasteiger partial charge is 0.386 e. The van der Waals surface area contributed by atoms with Gasteiger partial charge in [-0.15, -0.1) is 11.8 Å². The number of anilines is 1. The first-order valence-corrected chi connectivity index (χ1v) is 26.6. The first-order chi connectivity index (χ1) is 30.2. The minimum absolute atomic E-state index is 0.0345. The van der Waals surface area contributed by atoms with Crippen molar-refractivity contribution in [1.29, 1.82) is 0 Å². The van der Waals surface area contributed by atoms with E-state index in [1.807, 2.05) is 17.6 Å². The Morgan fingerprint density at radius 2 is 1.61 bits per heavy atom. The molecule has 2 amide bonds. The molecule has 0 radical (unpaired) electrons. The molecule has 1 fully saturated rings. The molecule has 0 aliphatic carbocycles. The number of hydrogen-bond acceptors (Lipinski definition) is 17. The zero-order valence-electron chi connectivity index (χ0n) is 36.3. The fourth-order valence-electron chi connectivity index (χ4n) is 6.28. The summed E-state index contributed by atoms with van der Waals surface area (Å²) in [6.45, 7) is 3.08. The van der Waals surface area contributed by atoms with Gasteiger partial charge < -0.3 is 50.9 Å². The highest BCUT2D eigenvalue weighted by atomic mass is 32.2. The summed E-state index contributed by atoms with van der Waals surface area (Å²) < 4.78 is 62.4. The Morgan fingerprint density at radius 1 is 0.953 bits per heavy atom. The molecule has 1 aliphatic heterocycles. The number of rotatable bonds is 32. The van der Waals surface area contributed by atoms with Crippen LogP contribution in [0.4, 0.5) is 5.82 Å². The number of fused-ring (bicyclic) bond motifs is 1. The number of allylic oxidation sites excluding steroid dienone is 3. The molecule has 364 valence electrons. The number of nitrogens with zero attached hydrogens (tertiary/aromatic N) is 4. The normalized spacial score (nSPS) is 20.8. The number of aromatic nitrogens is 4. The van der Waals surface area contributed by atoms with Crippen LogP contribution in [0, 0.1) is 5.41 Å². The van der Waals surface area contributed by atoms with E-state index in [9.17, 15) is 53.1 Å². The maximum atomic E-state index is 12.7. The molecule has 2 unspecified atom stereocenters. The summed E-state index contributed by atoms with van der Waals surface area (Å²) >= 11 is 1.54. The number of nitrogens with two attached hydrogens (primary N) is 1. The standard InChI is InChI=1S/C37H64N7O16P3S/c1-4-5-6-7-8-9-10-11-12-13-14-15-16-17-21-64-22-20-39-28(45)18-19-40-35(48)32(47)37(2,3)24-57-63(54,55)60-62(52,53)56-23-27-31(59-61(49,50)51)30(46)36(58-27)44-26-43-29-33(38)41-25-42-34(29)44/h15-17,21,25-27,30-32,36,46-47H,4-14,18-20,22-24H2,1-3H3,(H,39,45)(H,40,48)(H,52,53)(H,54,55)(H2,38,41,42)(H2,49,50,51)/t27-,30-,31-,32+,36-/m1/s1. The molecule has 3 rings (SSSR count). The Bertz CT molecular complexity index is 1970. The third-order valence-electron chi connectivity index (χ3n) is 9.77. The summed E-state index contributed by atoms with van der Waals surface area (Å²) in [5.74, 6) is -0.666. The highest BCUT2D eigenvalue weighted by Gasteiger charge is 2.50. The number of aliphatic hydroxyl groups is 2. The molecule has 1 aliphatic rings. The van der Waals surface area contributed by atoms with Gasteiger partial charge in [-0.25, -0.2) is 28.6 Å². The van der Waals surface area contributed by atoms with Gasteiger partial charge in [-0.1, -0.05) is 96.8 Å². The van der Waals surface area contributed by atoms with Crippen LogP contribution in [-0.2, 0) is 45.9 Å². The number of carbonyl (C=O) groups excluding carboxylic acids is 2. The van der Waals surface area contributed by atoms with Crippen molar-refractivity contribution >= 4 is 64.0 Å². The van der Waals surface area contributed by atoms with Crippen molar-refractivity contribution in [2.45, 2.75) is 128 Å². The molecule has 0 bridgehead atoms. The van der Waals surface area contributed by atoms with Crippen molar-refractivity contribution in [3.05, 3.63) is 36.3 Å².